The van der Waals surface area contributed by atoms with Gasteiger partial charge in [0, 0.05) is 5.25 Å². The normalized spacial score (nSPS) is 39.5. The highest BCUT2D eigenvalue weighted by atomic mass is 32.1. The highest BCUT2D eigenvalue weighted by Gasteiger charge is 2.43. The molecule has 0 nitrogen and oxygen atoms in total. The van der Waals surface area contributed by atoms with E-state index in [2.05, 4.69) is 34.6 Å². The van der Waals surface area contributed by atoms with Crippen LogP contribution in [-0.2, 0) is 0 Å². The van der Waals surface area contributed by atoms with Crippen LogP contribution in [0.2, 0.25) is 0 Å². The molecular weight excluding hydrogens is 164 g/mol. The first-order valence-corrected chi connectivity index (χ1v) is 5.47. The molecule has 0 amide bonds. The maximum atomic E-state index is 4.75. The van der Waals surface area contributed by atoms with Crippen LogP contribution in [0.15, 0.2) is 0 Å². The summed E-state index contributed by atoms with van der Waals surface area (Å²) in [5.74, 6) is 0.726. The Morgan fingerprint density at radius 1 is 1.00 bits per heavy atom. The molecule has 1 aliphatic rings. The Bertz CT molecular complexity index is 150. The molecule has 1 fully saturated rings. The van der Waals surface area contributed by atoms with Crippen LogP contribution in [0.4, 0.5) is 0 Å². The second-order valence-electron chi connectivity index (χ2n) is 5.71. The van der Waals surface area contributed by atoms with Crippen molar-refractivity contribution in [1.82, 2.24) is 0 Å². The molecule has 0 spiro atoms. The van der Waals surface area contributed by atoms with Gasteiger partial charge in [0.25, 0.3) is 0 Å². The zero-order chi connectivity index (χ0) is 9.57. The summed E-state index contributed by atoms with van der Waals surface area (Å²) >= 11 is 4.75. The molecule has 2 unspecified atom stereocenters. The minimum atomic E-state index is 0.429. The third kappa shape index (κ3) is 1.66. The van der Waals surface area contributed by atoms with E-state index in [1.807, 2.05) is 0 Å². The van der Waals surface area contributed by atoms with E-state index in [4.69, 9.17) is 12.6 Å². The molecule has 0 saturated heterocycles. The quantitative estimate of drug-likeness (QED) is 0.547. The van der Waals surface area contributed by atoms with Crippen LogP contribution in [0, 0.1) is 16.7 Å². The highest BCUT2D eigenvalue weighted by Crippen LogP contribution is 2.50. The zero-order valence-corrected chi connectivity index (χ0v) is 9.91. The van der Waals surface area contributed by atoms with Crippen molar-refractivity contribution < 1.29 is 0 Å². The van der Waals surface area contributed by atoms with Crippen molar-refractivity contribution in [3.63, 3.8) is 0 Å². The molecule has 0 radical (unpaired) electrons. The first-order chi connectivity index (χ1) is 5.27. The largest absolute Gasteiger partial charge is 0.175 e. The minimum absolute atomic E-state index is 0.429. The highest BCUT2D eigenvalue weighted by molar-refractivity contribution is 7.81. The van der Waals surface area contributed by atoms with E-state index in [1.54, 1.807) is 0 Å². The van der Waals surface area contributed by atoms with Crippen LogP contribution >= 0.6 is 12.6 Å². The molecular formula is C11H22S. The van der Waals surface area contributed by atoms with Crippen molar-refractivity contribution in [2.45, 2.75) is 52.7 Å². The lowest BCUT2D eigenvalue weighted by Gasteiger charge is -2.49. The third-order valence-electron chi connectivity index (χ3n) is 3.92. The van der Waals surface area contributed by atoms with E-state index in [0.29, 0.717) is 16.1 Å². The molecule has 2 atom stereocenters. The molecule has 1 saturated carbocycles. The van der Waals surface area contributed by atoms with Gasteiger partial charge in [0.2, 0.25) is 0 Å². The van der Waals surface area contributed by atoms with Gasteiger partial charge in [-0.3, -0.25) is 0 Å². The van der Waals surface area contributed by atoms with Gasteiger partial charge in [0.1, 0.15) is 0 Å². The standard InChI is InChI=1S/C11H22S/c1-8-9(12)11(4,5)7-6-10(8,2)3/h8-9,12H,6-7H2,1-5H3. The zero-order valence-electron chi connectivity index (χ0n) is 9.02. The monoisotopic (exact) mass is 186 g/mol. The maximum absolute atomic E-state index is 4.75. The lowest BCUT2D eigenvalue weighted by Crippen LogP contribution is -2.43. The van der Waals surface area contributed by atoms with Crippen LogP contribution < -0.4 is 0 Å². The average molecular weight is 186 g/mol. The first-order valence-electron chi connectivity index (χ1n) is 4.95. The fourth-order valence-electron chi connectivity index (χ4n) is 2.12. The molecule has 72 valence electrons. The second kappa shape index (κ2) is 2.94. The van der Waals surface area contributed by atoms with Crippen molar-refractivity contribution in [2.75, 3.05) is 0 Å². The van der Waals surface area contributed by atoms with Gasteiger partial charge in [-0.2, -0.15) is 12.6 Å². The molecule has 1 aliphatic carbocycles. The third-order valence-corrected chi connectivity index (χ3v) is 5.07. The number of thiol groups is 1. The van der Waals surface area contributed by atoms with Crippen LogP contribution in [0.25, 0.3) is 0 Å². The van der Waals surface area contributed by atoms with E-state index in [9.17, 15) is 0 Å². The van der Waals surface area contributed by atoms with E-state index >= 15 is 0 Å². The van der Waals surface area contributed by atoms with E-state index < -0.39 is 0 Å². The average Bonchev–Trinajstić information content (AvgIpc) is 1.96. The van der Waals surface area contributed by atoms with Gasteiger partial charge in [-0.25, -0.2) is 0 Å². The fourth-order valence-corrected chi connectivity index (χ4v) is 2.66. The van der Waals surface area contributed by atoms with E-state index in [-0.39, 0.29) is 0 Å². The lowest BCUT2D eigenvalue weighted by atomic mass is 9.61. The topological polar surface area (TPSA) is 0 Å². The van der Waals surface area contributed by atoms with Crippen LogP contribution in [0.1, 0.15) is 47.5 Å². The van der Waals surface area contributed by atoms with Crippen molar-refractivity contribution in [1.29, 1.82) is 0 Å². The Hall–Kier alpha value is 0.350. The molecule has 0 aromatic heterocycles. The van der Waals surface area contributed by atoms with Crippen molar-refractivity contribution in [3.05, 3.63) is 0 Å². The predicted molar refractivity (Wildman–Crippen MR) is 58.7 cm³/mol. The number of hydrogen-bond donors (Lipinski definition) is 1. The van der Waals surface area contributed by atoms with Crippen LogP contribution in [0.5, 0.6) is 0 Å². The Morgan fingerprint density at radius 2 is 1.42 bits per heavy atom. The maximum Gasteiger partial charge on any atom is 0.00987 e. The van der Waals surface area contributed by atoms with Crippen molar-refractivity contribution in [3.8, 4) is 0 Å². The SMILES string of the molecule is CC1C(S)C(C)(C)CCC1(C)C. The smallest absolute Gasteiger partial charge is 0.00987 e. The predicted octanol–water partition coefficient (Wildman–Crippen LogP) is 3.77. The summed E-state index contributed by atoms with van der Waals surface area (Å²) in [5, 5.41) is 0.557. The van der Waals surface area contributed by atoms with Gasteiger partial charge >= 0.3 is 0 Å². The Labute approximate surface area is 82.5 Å². The molecule has 1 heteroatoms. The molecule has 0 bridgehead atoms. The van der Waals surface area contributed by atoms with Crippen LogP contribution in [0.3, 0.4) is 0 Å². The number of rotatable bonds is 0. The summed E-state index contributed by atoms with van der Waals surface area (Å²) < 4.78 is 0. The van der Waals surface area contributed by atoms with Gasteiger partial charge in [-0.05, 0) is 29.6 Å². The summed E-state index contributed by atoms with van der Waals surface area (Å²) in [7, 11) is 0. The Balaban J connectivity index is 2.80. The molecule has 12 heavy (non-hydrogen) atoms. The van der Waals surface area contributed by atoms with Crippen LogP contribution in [-0.4, -0.2) is 5.25 Å². The molecule has 0 aromatic carbocycles. The first kappa shape index (κ1) is 10.4. The van der Waals surface area contributed by atoms with Gasteiger partial charge in [0.05, 0.1) is 0 Å². The fraction of sp³-hybridized carbons (Fsp3) is 1.00. The second-order valence-corrected chi connectivity index (χ2v) is 6.27. The van der Waals surface area contributed by atoms with E-state index in [0.717, 1.165) is 5.92 Å². The molecule has 0 aliphatic heterocycles. The van der Waals surface area contributed by atoms with Gasteiger partial charge in [0.15, 0.2) is 0 Å². The minimum Gasteiger partial charge on any atom is -0.175 e. The summed E-state index contributed by atoms with van der Waals surface area (Å²) in [6.45, 7) is 11.8. The van der Waals surface area contributed by atoms with Gasteiger partial charge < -0.3 is 0 Å². The molecule has 0 heterocycles. The Morgan fingerprint density at radius 3 is 1.83 bits per heavy atom. The summed E-state index contributed by atoms with van der Waals surface area (Å²) in [4.78, 5) is 0. The van der Waals surface area contributed by atoms with E-state index in [1.165, 1.54) is 12.8 Å². The molecule has 1 rings (SSSR count). The van der Waals surface area contributed by atoms with Crippen molar-refractivity contribution in [2.24, 2.45) is 16.7 Å². The lowest BCUT2D eigenvalue weighted by molar-refractivity contribution is 0.0768. The molecule has 0 aromatic rings. The number of hydrogen-bond acceptors (Lipinski definition) is 1. The molecule has 0 N–H and O–H groups in total. The van der Waals surface area contributed by atoms with Gasteiger partial charge in [-0.1, -0.05) is 34.6 Å². The summed E-state index contributed by atoms with van der Waals surface area (Å²) in [5.41, 5.74) is 0.917. The Kier molecular flexibility index (Phi) is 2.55. The summed E-state index contributed by atoms with van der Waals surface area (Å²) in [6.07, 6.45) is 2.66. The summed E-state index contributed by atoms with van der Waals surface area (Å²) in [6, 6.07) is 0. The van der Waals surface area contributed by atoms with Crippen molar-refractivity contribution >= 4 is 12.6 Å². The van der Waals surface area contributed by atoms with Gasteiger partial charge in [-0.15, -0.1) is 0 Å².